The zero-order valence-corrected chi connectivity index (χ0v) is 27.1. The smallest absolute Gasteiger partial charge is 0.506 e. The van der Waals surface area contributed by atoms with Crippen LogP contribution in [0.25, 0.3) is 21.8 Å². The SMILES string of the molecule is Cc1c[nH]c2c(O)cc3c(c12)C(CCl)CN3C(=O)CCC1(C(=O)N2CC(CCl)c3c2cc(OP(=O)(O)O)c2[nH]cc(C)c32)CC1. The normalized spacial score (nSPS) is 20.2. The van der Waals surface area contributed by atoms with Gasteiger partial charge in [-0.3, -0.25) is 19.4 Å². The highest BCUT2D eigenvalue weighted by molar-refractivity contribution is 7.46. The lowest BCUT2D eigenvalue weighted by Gasteiger charge is -2.25. The summed E-state index contributed by atoms with van der Waals surface area (Å²) in [5.74, 6) is 0.0208. The highest BCUT2D eigenvalue weighted by atomic mass is 35.5. The first-order valence-electron chi connectivity index (χ1n) is 14.8. The van der Waals surface area contributed by atoms with Gasteiger partial charge in [0.15, 0.2) is 5.75 Å². The number of nitrogens with one attached hydrogen (secondary N) is 2. The van der Waals surface area contributed by atoms with Crippen LogP contribution in [-0.2, 0) is 14.2 Å². The first-order chi connectivity index (χ1) is 21.4. The highest BCUT2D eigenvalue weighted by Gasteiger charge is 2.54. The van der Waals surface area contributed by atoms with Crippen molar-refractivity contribution in [2.75, 3.05) is 34.6 Å². The van der Waals surface area contributed by atoms with Gasteiger partial charge in [0.25, 0.3) is 0 Å². The van der Waals surface area contributed by atoms with Gasteiger partial charge in [-0.2, -0.15) is 0 Å². The van der Waals surface area contributed by atoms with Crippen molar-refractivity contribution in [2.45, 2.75) is 51.4 Å². The number of H-pyrrole nitrogens is 2. The molecule has 7 rings (SSSR count). The van der Waals surface area contributed by atoms with Crippen LogP contribution in [0, 0.1) is 19.3 Å². The number of fused-ring (bicyclic) bond motifs is 6. The minimum Gasteiger partial charge on any atom is -0.506 e. The Morgan fingerprint density at radius 3 is 2.09 bits per heavy atom. The summed E-state index contributed by atoms with van der Waals surface area (Å²) in [6.45, 7) is 4.53. The van der Waals surface area contributed by atoms with Crippen LogP contribution in [0.4, 0.5) is 11.4 Å². The molecule has 238 valence electrons. The molecular formula is C31H33Cl2N4O7P. The van der Waals surface area contributed by atoms with Gasteiger partial charge in [0.2, 0.25) is 11.8 Å². The molecule has 4 heterocycles. The second kappa shape index (κ2) is 10.7. The molecule has 0 bridgehead atoms. The van der Waals surface area contributed by atoms with E-state index in [0.717, 1.165) is 33.0 Å². The van der Waals surface area contributed by atoms with Gasteiger partial charge in [-0.1, -0.05) is 0 Å². The predicted molar refractivity (Wildman–Crippen MR) is 173 cm³/mol. The van der Waals surface area contributed by atoms with Gasteiger partial charge in [0.05, 0.1) is 27.8 Å². The molecular weight excluding hydrogens is 642 g/mol. The minimum atomic E-state index is -4.89. The summed E-state index contributed by atoms with van der Waals surface area (Å²) in [6.07, 6.45) is 5.28. The summed E-state index contributed by atoms with van der Waals surface area (Å²) in [7, 11) is -4.89. The van der Waals surface area contributed by atoms with E-state index in [1.807, 2.05) is 20.0 Å². The van der Waals surface area contributed by atoms with Gasteiger partial charge in [-0.05, 0) is 55.4 Å². The number of phenols is 1. The number of phenolic OH excluding ortho intramolecular Hbond substituents is 1. The number of alkyl halides is 2. The fraction of sp³-hybridized carbons (Fsp3) is 0.419. The molecule has 2 atom stereocenters. The van der Waals surface area contributed by atoms with Crippen molar-refractivity contribution < 1.29 is 33.6 Å². The summed E-state index contributed by atoms with van der Waals surface area (Å²) in [5, 5.41) is 12.3. The number of anilines is 2. The van der Waals surface area contributed by atoms with Gasteiger partial charge in [-0.15, -0.1) is 23.2 Å². The number of aromatic amines is 2. The molecule has 14 heteroatoms. The number of phosphoric ester groups is 1. The van der Waals surface area contributed by atoms with Crippen LogP contribution in [0.15, 0.2) is 24.5 Å². The predicted octanol–water partition coefficient (Wildman–Crippen LogP) is 6.04. The van der Waals surface area contributed by atoms with E-state index in [-0.39, 0.29) is 47.5 Å². The van der Waals surface area contributed by atoms with Gasteiger partial charge in [0, 0.05) is 78.4 Å². The third-order valence-corrected chi connectivity index (χ3v) is 10.9. The number of benzene rings is 2. The molecule has 1 fully saturated rings. The molecule has 2 aromatic carbocycles. The number of nitrogens with zero attached hydrogens (tertiary/aromatic N) is 2. The third-order valence-electron chi connectivity index (χ3n) is 9.75. The molecule has 2 unspecified atom stereocenters. The van der Waals surface area contributed by atoms with Crippen molar-refractivity contribution in [3.8, 4) is 11.5 Å². The second-order valence-electron chi connectivity index (χ2n) is 12.6. The van der Waals surface area contributed by atoms with E-state index in [4.69, 9.17) is 27.7 Å². The monoisotopic (exact) mass is 674 g/mol. The first-order valence-corrected chi connectivity index (χ1v) is 17.4. The molecule has 4 aromatic rings. The van der Waals surface area contributed by atoms with Crippen LogP contribution in [-0.4, -0.2) is 61.5 Å². The highest BCUT2D eigenvalue weighted by Crippen LogP contribution is 2.56. The van der Waals surface area contributed by atoms with Gasteiger partial charge in [-0.25, -0.2) is 4.57 Å². The van der Waals surface area contributed by atoms with E-state index < -0.39 is 13.2 Å². The molecule has 2 amide bonds. The van der Waals surface area contributed by atoms with Crippen molar-refractivity contribution in [2.24, 2.45) is 5.41 Å². The lowest BCUT2D eigenvalue weighted by atomic mass is 9.96. The van der Waals surface area contributed by atoms with Crippen LogP contribution >= 0.6 is 31.0 Å². The van der Waals surface area contributed by atoms with Crippen molar-refractivity contribution in [3.05, 3.63) is 46.8 Å². The minimum absolute atomic E-state index is 0.0465. The number of aromatic nitrogens is 2. The Labute approximate surface area is 268 Å². The van der Waals surface area contributed by atoms with Gasteiger partial charge < -0.3 is 29.4 Å². The number of rotatable bonds is 8. The fourth-order valence-corrected chi connectivity index (χ4v) is 8.31. The molecule has 3 aliphatic rings. The maximum Gasteiger partial charge on any atom is 0.524 e. The Morgan fingerprint density at radius 2 is 1.51 bits per heavy atom. The summed E-state index contributed by atoms with van der Waals surface area (Å²) >= 11 is 12.8. The van der Waals surface area contributed by atoms with Crippen LogP contribution in [0.2, 0.25) is 0 Å². The first kappa shape index (κ1) is 30.4. The molecule has 0 spiro atoms. The number of phosphoric acid groups is 1. The molecule has 1 aliphatic carbocycles. The standard InChI is InChI=1S/C31H33Cl2N4O7P/c1-15-11-34-28-21(38)7-19-26(24(15)28)17(9-32)13-36(19)23(39)3-4-31(5-6-31)30(40)37-14-18(10-33)27-20(37)8-22(44-45(41,42)43)29-25(27)16(2)12-35-29/h7-8,11-12,17-18,34-35,38H,3-6,9-10,13-14H2,1-2H3,(H2,41,42,43). The Hall–Kier alpha value is -3.21. The van der Waals surface area contributed by atoms with Crippen molar-refractivity contribution >= 4 is 76.0 Å². The summed E-state index contributed by atoms with van der Waals surface area (Å²) in [4.78, 5) is 56.6. The molecule has 0 radical (unpaired) electrons. The van der Waals surface area contributed by atoms with Gasteiger partial charge >= 0.3 is 7.82 Å². The fourth-order valence-electron chi connectivity index (χ4n) is 7.41. The number of hydrogen-bond donors (Lipinski definition) is 5. The Balaban J connectivity index is 1.17. The van der Waals surface area contributed by atoms with Crippen LogP contribution in [0.5, 0.6) is 11.5 Å². The van der Waals surface area contributed by atoms with E-state index >= 15 is 0 Å². The zero-order chi connectivity index (χ0) is 32.0. The maximum absolute atomic E-state index is 14.2. The molecule has 0 saturated heterocycles. The maximum atomic E-state index is 14.2. The zero-order valence-electron chi connectivity index (χ0n) is 24.7. The van der Waals surface area contributed by atoms with E-state index in [2.05, 4.69) is 9.97 Å². The van der Waals surface area contributed by atoms with E-state index in [9.17, 15) is 29.0 Å². The quantitative estimate of drug-likeness (QED) is 0.112. The molecule has 2 aliphatic heterocycles. The molecule has 1 saturated carbocycles. The van der Waals surface area contributed by atoms with Crippen molar-refractivity contribution in [1.82, 2.24) is 9.97 Å². The largest absolute Gasteiger partial charge is 0.524 e. The van der Waals surface area contributed by atoms with Crippen LogP contribution < -0.4 is 14.3 Å². The lowest BCUT2D eigenvalue weighted by molar-refractivity contribution is -0.124. The number of carbonyl (C=O) groups excluding carboxylic acids is 2. The number of halogens is 2. The summed E-state index contributed by atoms with van der Waals surface area (Å²) in [5.41, 5.74) is 5.08. The molecule has 5 N–H and O–H groups in total. The van der Waals surface area contributed by atoms with E-state index in [1.54, 1.807) is 22.1 Å². The average Bonchev–Trinajstić information content (AvgIpc) is 3.24. The van der Waals surface area contributed by atoms with Crippen LogP contribution in [0.3, 0.4) is 0 Å². The number of amides is 2. The van der Waals surface area contributed by atoms with Crippen molar-refractivity contribution in [1.29, 1.82) is 0 Å². The number of aryl methyl sites for hydroxylation is 2. The van der Waals surface area contributed by atoms with Gasteiger partial charge in [0.1, 0.15) is 5.75 Å². The molecule has 45 heavy (non-hydrogen) atoms. The molecule has 2 aromatic heterocycles. The third kappa shape index (κ3) is 4.82. The topological polar surface area (TPSA) is 159 Å². The number of aromatic hydroxyl groups is 1. The number of hydrogen-bond acceptors (Lipinski definition) is 5. The van der Waals surface area contributed by atoms with Crippen molar-refractivity contribution in [3.63, 3.8) is 0 Å². The van der Waals surface area contributed by atoms with E-state index in [1.165, 1.54) is 6.07 Å². The lowest BCUT2D eigenvalue weighted by Crippen LogP contribution is -2.38. The Kier molecular flexibility index (Phi) is 7.22. The summed E-state index contributed by atoms with van der Waals surface area (Å²) in [6, 6.07) is 3.12. The average molecular weight is 676 g/mol. The Morgan fingerprint density at radius 1 is 0.956 bits per heavy atom. The number of carbonyl (C=O) groups is 2. The van der Waals surface area contributed by atoms with Crippen LogP contribution in [0.1, 0.15) is 59.8 Å². The second-order valence-corrected chi connectivity index (χ2v) is 14.3. The Bertz CT molecular complexity index is 1950. The summed E-state index contributed by atoms with van der Waals surface area (Å²) < 4.78 is 16.9. The molecule has 11 nitrogen and oxygen atoms in total. The van der Waals surface area contributed by atoms with E-state index in [0.29, 0.717) is 60.6 Å².